The maximum Gasteiger partial charge on any atom is 0.184 e. The largest absolute Gasteiger partial charge is 0.311 e. The van der Waals surface area contributed by atoms with E-state index in [1.54, 1.807) is 6.33 Å². The summed E-state index contributed by atoms with van der Waals surface area (Å²) in [7, 11) is 0. The molecule has 0 saturated heterocycles. The zero-order valence-corrected chi connectivity index (χ0v) is 13.9. The van der Waals surface area contributed by atoms with Gasteiger partial charge in [-0.2, -0.15) is 0 Å². The lowest BCUT2D eigenvalue weighted by molar-refractivity contribution is 0.0717. The molecule has 0 amide bonds. The van der Waals surface area contributed by atoms with E-state index in [9.17, 15) is 4.79 Å². The molecule has 4 heteroatoms. The molecule has 4 nitrogen and oxygen atoms in total. The molecule has 24 heavy (non-hydrogen) atoms. The Kier molecular flexibility index (Phi) is 4.39. The number of carbonyl (C=O) groups excluding carboxylic acids is 1. The van der Waals surface area contributed by atoms with Gasteiger partial charge in [0.05, 0.1) is 5.69 Å². The van der Waals surface area contributed by atoms with Crippen LogP contribution in [0.1, 0.15) is 46.6 Å². The molecule has 2 aliphatic rings. The number of hydrogen-bond acceptors (Lipinski definition) is 4. The number of ketones is 1. The van der Waals surface area contributed by atoms with Crippen molar-refractivity contribution in [2.24, 2.45) is 11.8 Å². The SMILES string of the molecule is O=C(c1ncnc2c1CCNC2)C1CCC1CCc1ccccc1. The lowest BCUT2D eigenvalue weighted by Crippen LogP contribution is -2.36. The van der Waals surface area contributed by atoms with Gasteiger partial charge in [-0.05, 0) is 50.1 Å². The molecule has 0 bridgehead atoms. The second-order valence-electron chi connectivity index (χ2n) is 6.91. The number of nitrogens with zero attached hydrogens (tertiary/aromatic N) is 2. The highest BCUT2D eigenvalue weighted by Crippen LogP contribution is 2.40. The molecule has 1 aromatic heterocycles. The topological polar surface area (TPSA) is 54.9 Å². The predicted molar refractivity (Wildman–Crippen MR) is 92.8 cm³/mol. The molecule has 1 aromatic carbocycles. The van der Waals surface area contributed by atoms with Crippen molar-refractivity contribution in [1.29, 1.82) is 0 Å². The highest BCUT2D eigenvalue weighted by molar-refractivity contribution is 5.98. The van der Waals surface area contributed by atoms with Crippen LogP contribution in [0.3, 0.4) is 0 Å². The van der Waals surface area contributed by atoms with E-state index in [0.29, 0.717) is 11.6 Å². The third-order valence-corrected chi connectivity index (χ3v) is 5.51. The van der Waals surface area contributed by atoms with E-state index in [2.05, 4.69) is 39.6 Å². The molecule has 0 spiro atoms. The van der Waals surface area contributed by atoms with Crippen LogP contribution in [0, 0.1) is 11.8 Å². The fourth-order valence-electron chi connectivity index (χ4n) is 3.93. The lowest BCUT2D eigenvalue weighted by Gasteiger charge is -2.36. The average Bonchev–Trinajstić information content (AvgIpc) is 2.61. The number of fused-ring (bicyclic) bond motifs is 1. The lowest BCUT2D eigenvalue weighted by atomic mass is 9.68. The van der Waals surface area contributed by atoms with E-state index in [0.717, 1.165) is 56.5 Å². The van der Waals surface area contributed by atoms with E-state index in [4.69, 9.17) is 0 Å². The van der Waals surface area contributed by atoms with Gasteiger partial charge in [-0.15, -0.1) is 0 Å². The highest BCUT2D eigenvalue weighted by atomic mass is 16.1. The molecule has 2 atom stereocenters. The van der Waals surface area contributed by atoms with Crippen LogP contribution in [0.2, 0.25) is 0 Å². The molecule has 1 fully saturated rings. The van der Waals surface area contributed by atoms with E-state index in [-0.39, 0.29) is 11.7 Å². The van der Waals surface area contributed by atoms with Gasteiger partial charge in [0, 0.05) is 18.0 Å². The zero-order chi connectivity index (χ0) is 16.4. The maximum absolute atomic E-state index is 13.0. The molecule has 2 unspecified atom stereocenters. The van der Waals surface area contributed by atoms with E-state index < -0.39 is 0 Å². The third kappa shape index (κ3) is 2.98. The van der Waals surface area contributed by atoms with Gasteiger partial charge in [0.15, 0.2) is 5.78 Å². The molecule has 1 aliphatic carbocycles. The molecule has 2 aromatic rings. The molecular weight excluding hydrogens is 298 g/mol. The van der Waals surface area contributed by atoms with Crippen molar-refractivity contribution in [1.82, 2.24) is 15.3 Å². The van der Waals surface area contributed by atoms with Gasteiger partial charge in [0.1, 0.15) is 12.0 Å². The van der Waals surface area contributed by atoms with Gasteiger partial charge in [0.2, 0.25) is 0 Å². The quantitative estimate of drug-likeness (QED) is 0.860. The summed E-state index contributed by atoms with van der Waals surface area (Å²) in [4.78, 5) is 21.7. The molecule has 124 valence electrons. The van der Waals surface area contributed by atoms with Crippen molar-refractivity contribution in [3.8, 4) is 0 Å². The van der Waals surface area contributed by atoms with E-state index in [1.807, 2.05) is 6.07 Å². The first kappa shape index (κ1) is 15.5. The molecule has 1 aliphatic heterocycles. The second-order valence-corrected chi connectivity index (χ2v) is 6.91. The van der Waals surface area contributed by atoms with Gasteiger partial charge in [-0.25, -0.2) is 9.97 Å². The van der Waals surface area contributed by atoms with Crippen LogP contribution in [-0.2, 0) is 19.4 Å². The Hall–Kier alpha value is -2.07. The Bertz CT molecular complexity index is 729. The van der Waals surface area contributed by atoms with Crippen molar-refractivity contribution in [3.63, 3.8) is 0 Å². The van der Waals surface area contributed by atoms with Gasteiger partial charge in [0.25, 0.3) is 0 Å². The summed E-state index contributed by atoms with van der Waals surface area (Å²) in [5.74, 6) is 0.910. The Balaban J connectivity index is 1.45. The summed E-state index contributed by atoms with van der Waals surface area (Å²) in [6.07, 6.45) is 6.74. The summed E-state index contributed by atoms with van der Waals surface area (Å²) in [5, 5.41) is 3.31. The number of Topliss-reactive ketones (excluding diaryl/α,β-unsaturated/α-hetero) is 1. The van der Waals surface area contributed by atoms with Crippen molar-refractivity contribution in [3.05, 3.63) is 59.2 Å². The fraction of sp³-hybridized carbons (Fsp3) is 0.450. The number of hydrogen-bond donors (Lipinski definition) is 1. The van der Waals surface area contributed by atoms with E-state index in [1.165, 1.54) is 5.56 Å². The van der Waals surface area contributed by atoms with Crippen LogP contribution in [0.4, 0.5) is 0 Å². The summed E-state index contributed by atoms with van der Waals surface area (Å²) in [6, 6.07) is 10.6. The van der Waals surface area contributed by atoms with Crippen LogP contribution in [0.5, 0.6) is 0 Å². The summed E-state index contributed by atoms with van der Waals surface area (Å²) >= 11 is 0. The van der Waals surface area contributed by atoms with Crippen molar-refractivity contribution in [2.75, 3.05) is 6.54 Å². The maximum atomic E-state index is 13.0. The van der Waals surface area contributed by atoms with Gasteiger partial charge >= 0.3 is 0 Å². The van der Waals surface area contributed by atoms with Gasteiger partial charge in [-0.1, -0.05) is 30.3 Å². The first-order valence-electron chi connectivity index (χ1n) is 8.94. The molecule has 1 saturated carbocycles. The summed E-state index contributed by atoms with van der Waals surface area (Å²) in [5.41, 5.74) is 4.13. The van der Waals surface area contributed by atoms with E-state index >= 15 is 0 Å². The van der Waals surface area contributed by atoms with Crippen LogP contribution < -0.4 is 5.32 Å². The van der Waals surface area contributed by atoms with Gasteiger partial charge < -0.3 is 5.32 Å². The minimum Gasteiger partial charge on any atom is -0.311 e. The number of aryl methyl sites for hydroxylation is 1. The average molecular weight is 321 g/mol. The molecule has 2 heterocycles. The second kappa shape index (κ2) is 6.81. The minimum atomic E-state index is 0.155. The number of carbonyl (C=O) groups is 1. The first-order valence-corrected chi connectivity index (χ1v) is 8.94. The van der Waals surface area contributed by atoms with Crippen LogP contribution >= 0.6 is 0 Å². The van der Waals surface area contributed by atoms with Crippen molar-refractivity contribution < 1.29 is 4.79 Å². The van der Waals surface area contributed by atoms with Crippen LogP contribution in [0.15, 0.2) is 36.7 Å². The predicted octanol–water partition coefficient (Wildman–Crippen LogP) is 2.96. The van der Waals surface area contributed by atoms with Crippen molar-refractivity contribution in [2.45, 2.75) is 38.6 Å². The Morgan fingerprint density at radius 3 is 2.83 bits per heavy atom. The molecular formula is C20H23N3O. The highest BCUT2D eigenvalue weighted by Gasteiger charge is 2.38. The Morgan fingerprint density at radius 1 is 1.17 bits per heavy atom. The monoisotopic (exact) mass is 321 g/mol. The minimum absolute atomic E-state index is 0.155. The van der Waals surface area contributed by atoms with Crippen LogP contribution in [0.25, 0.3) is 0 Å². The normalized spacial score (nSPS) is 22.5. The summed E-state index contributed by atoms with van der Waals surface area (Å²) in [6.45, 7) is 1.66. The Labute approximate surface area is 142 Å². The van der Waals surface area contributed by atoms with Crippen LogP contribution in [-0.4, -0.2) is 22.3 Å². The standard InChI is InChI=1S/C20H23N3O/c24-20(19-17-10-11-21-12-18(17)22-13-23-19)16-9-8-15(16)7-6-14-4-2-1-3-5-14/h1-5,13,15-16,21H,6-12H2. The zero-order valence-electron chi connectivity index (χ0n) is 13.9. The van der Waals surface area contributed by atoms with Crippen molar-refractivity contribution >= 4 is 5.78 Å². The van der Waals surface area contributed by atoms with Gasteiger partial charge in [-0.3, -0.25) is 4.79 Å². The molecule has 0 radical (unpaired) electrons. The fourth-order valence-corrected chi connectivity index (χ4v) is 3.93. The summed E-state index contributed by atoms with van der Waals surface area (Å²) < 4.78 is 0. The number of nitrogens with one attached hydrogen (secondary N) is 1. The molecule has 4 rings (SSSR count). The smallest absolute Gasteiger partial charge is 0.184 e. The number of benzene rings is 1. The third-order valence-electron chi connectivity index (χ3n) is 5.51. The number of aromatic nitrogens is 2. The Morgan fingerprint density at radius 2 is 2.04 bits per heavy atom. The molecule has 1 N–H and O–H groups in total. The number of rotatable bonds is 5. The first-order chi connectivity index (χ1) is 11.8.